The monoisotopic (exact) mass is 389 g/mol. The molecule has 3 heterocycles. The van der Waals surface area contributed by atoms with Gasteiger partial charge in [0.15, 0.2) is 23.7 Å². The number of amides is 2. The number of carbonyl (C=O) groups excluding carboxylic acids is 2. The van der Waals surface area contributed by atoms with E-state index in [-0.39, 0.29) is 29.6 Å². The summed E-state index contributed by atoms with van der Waals surface area (Å²) in [6, 6.07) is 3.99. The van der Waals surface area contributed by atoms with Crippen molar-refractivity contribution in [2.45, 2.75) is 32.7 Å². The van der Waals surface area contributed by atoms with Gasteiger partial charge in [0.05, 0.1) is 5.41 Å². The van der Waals surface area contributed by atoms with E-state index in [1.165, 1.54) is 18.5 Å². The summed E-state index contributed by atoms with van der Waals surface area (Å²) in [5, 5.41) is 0. The number of piperidine rings is 1. The van der Waals surface area contributed by atoms with Crippen molar-refractivity contribution in [2.24, 2.45) is 5.41 Å². The van der Waals surface area contributed by atoms with Crippen LogP contribution in [-0.2, 0) is 11.3 Å². The number of aryl methyl sites for hydroxylation is 1. The zero-order chi connectivity index (χ0) is 19.9. The van der Waals surface area contributed by atoms with Crippen LogP contribution < -0.4 is 0 Å². The van der Waals surface area contributed by atoms with Crippen molar-refractivity contribution in [1.82, 2.24) is 14.8 Å². The van der Waals surface area contributed by atoms with Gasteiger partial charge in [0, 0.05) is 31.7 Å². The Labute approximate surface area is 161 Å². The molecule has 6 nitrogen and oxygen atoms in total. The van der Waals surface area contributed by atoms with Crippen LogP contribution in [0.25, 0.3) is 0 Å². The Hall–Kier alpha value is -2.77. The van der Waals surface area contributed by atoms with E-state index in [1.807, 2.05) is 0 Å². The highest BCUT2D eigenvalue weighted by Gasteiger charge is 2.49. The van der Waals surface area contributed by atoms with E-state index in [1.54, 1.807) is 16.7 Å². The molecule has 0 bridgehead atoms. The normalized spacial score (nSPS) is 22.3. The molecule has 0 saturated carbocycles. The second kappa shape index (κ2) is 7.00. The van der Waals surface area contributed by atoms with Crippen LogP contribution in [0.15, 0.2) is 29.0 Å². The standard InChI is InChI=1S/C20H21F2N3O3/c1-13-17(23-12-28-13)18(26)25-9-7-20(11-25)6-3-8-24(19(20)27)10-14-4-2-5-15(21)16(14)22/h2,4-5,12H,3,6-11H2,1H3. The number of hydrogen-bond donors (Lipinski definition) is 0. The first-order valence-electron chi connectivity index (χ1n) is 9.33. The maximum atomic E-state index is 14.0. The average Bonchev–Trinajstić information content (AvgIpc) is 3.30. The summed E-state index contributed by atoms with van der Waals surface area (Å²) < 4.78 is 32.6. The lowest BCUT2D eigenvalue weighted by Gasteiger charge is -2.39. The van der Waals surface area contributed by atoms with Gasteiger partial charge in [-0.25, -0.2) is 13.8 Å². The van der Waals surface area contributed by atoms with Crippen LogP contribution in [0.5, 0.6) is 0 Å². The van der Waals surface area contributed by atoms with E-state index in [0.717, 1.165) is 12.5 Å². The Bertz CT molecular complexity index is 929. The van der Waals surface area contributed by atoms with Gasteiger partial charge < -0.3 is 14.2 Å². The number of nitrogens with zero attached hydrogens (tertiary/aromatic N) is 3. The van der Waals surface area contributed by atoms with E-state index in [9.17, 15) is 18.4 Å². The smallest absolute Gasteiger partial charge is 0.276 e. The second-order valence-corrected chi connectivity index (χ2v) is 7.56. The molecule has 0 aliphatic carbocycles. The van der Waals surface area contributed by atoms with Gasteiger partial charge in [-0.1, -0.05) is 12.1 Å². The topological polar surface area (TPSA) is 66.7 Å². The molecule has 2 aliphatic heterocycles. The van der Waals surface area contributed by atoms with Crippen LogP contribution in [0.4, 0.5) is 8.78 Å². The third-order valence-electron chi connectivity index (χ3n) is 5.81. The van der Waals surface area contributed by atoms with Crippen molar-refractivity contribution >= 4 is 11.8 Å². The lowest BCUT2D eigenvalue weighted by Crippen LogP contribution is -2.50. The summed E-state index contributed by atoms with van der Waals surface area (Å²) in [6.07, 6.45) is 3.22. The van der Waals surface area contributed by atoms with Gasteiger partial charge in [-0.15, -0.1) is 0 Å². The highest BCUT2D eigenvalue weighted by molar-refractivity contribution is 5.94. The van der Waals surface area contributed by atoms with Crippen molar-refractivity contribution in [3.05, 3.63) is 53.2 Å². The summed E-state index contributed by atoms with van der Waals surface area (Å²) in [6.45, 7) is 2.96. The number of aromatic nitrogens is 1. The fraction of sp³-hybridized carbons (Fsp3) is 0.450. The molecule has 1 unspecified atom stereocenters. The van der Waals surface area contributed by atoms with Crippen molar-refractivity contribution in [1.29, 1.82) is 0 Å². The van der Waals surface area contributed by atoms with Gasteiger partial charge >= 0.3 is 0 Å². The molecule has 1 aromatic carbocycles. The second-order valence-electron chi connectivity index (χ2n) is 7.56. The van der Waals surface area contributed by atoms with E-state index >= 15 is 0 Å². The number of carbonyl (C=O) groups is 2. The highest BCUT2D eigenvalue weighted by Crippen LogP contribution is 2.41. The maximum Gasteiger partial charge on any atom is 0.276 e. The summed E-state index contributed by atoms with van der Waals surface area (Å²) in [5.74, 6) is -1.74. The van der Waals surface area contributed by atoms with Gasteiger partial charge in [-0.3, -0.25) is 9.59 Å². The Morgan fingerprint density at radius 2 is 2.11 bits per heavy atom. The predicted octanol–water partition coefficient (Wildman–Crippen LogP) is 2.92. The molecule has 2 fully saturated rings. The van der Waals surface area contributed by atoms with Crippen LogP contribution in [-0.4, -0.2) is 46.2 Å². The third-order valence-corrected chi connectivity index (χ3v) is 5.81. The van der Waals surface area contributed by atoms with Crippen molar-refractivity contribution in [3.8, 4) is 0 Å². The van der Waals surface area contributed by atoms with Crippen molar-refractivity contribution in [3.63, 3.8) is 0 Å². The van der Waals surface area contributed by atoms with Gasteiger partial charge in [0.25, 0.3) is 5.91 Å². The Kier molecular flexibility index (Phi) is 4.64. The molecule has 28 heavy (non-hydrogen) atoms. The molecule has 4 rings (SSSR count). The molecule has 1 aromatic heterocycles. The maximum absolute atomic E-state index is 14.0. The highest BCUT2D eigenvalue weighted by atomic mass is 19.2. The van der Waals surface area contributed by atoms with E-state index in [4.69, 9.17) is 4.42 Å². The first-order valence-corrected chi connectivity index (χ1v) is 9.33. The third kappa shape index (κ3) is 3.06. The minimum atomic E-state index is -0.919. The molecule has 0 N–H and O–H groups in total. The van der Waals surface area contributed by atoms with Gasteiger partial charge in [0.2, 0.25) is 5.91 Å². The van der Waals surface area contributed by atoms with E-state index in [0.29, 0.717) is 38.2 Å². The first-order chi connectivity index (χ1) is 13.4. The largest absolute Gasteiger partial charge is 0.448 e. The average molecular weight is 389 g/mol. The molecule has 8 heteroatoms. The molecule has 2 aromatic rings. The van der Waals surface area contributed by atoms with E-state index < -0.39 is 17.0 Å². The molecular formula is C20H21F2N3O3. The van der Waals surface area contributed by atoms with E-state index in [2.05, 4.69) is 4.98 Å². The quantitative estimate of drug-likeness (QED) is 0.810. The van der Waals surface area contributed by atoms with Crippen LogP contribution in [0.3, 0.4) is 0 Å². The minimum Gasteiger partial charge on any atom is -0.448 e. The Morgan fingerprint density at radius 1 is 1.29 bits per heavy atom. The minimum absolute atomic E-state index is 0.0283. The molecule has 2 saturated heterocycles. The zero-order valence-electron chi connectivity index (χ0n) is 15.6. The number of likely N-dealkylation sites (tertiary alicyclic amines) is 2. The summed E-state index contributed by atoms with van der Waals surface area (Å²) in [4.78, 5) is 33.1. The number of hydrogen-bond acceptors (Lipinski definition) is 4. The number of rotatable bonds is 3. The van der Waals surface area contributed by atoms with Gasteiger partial charge in [-0.2, -0.15) is 0 Å². The summed E-state index contributed by atoms with van der Waals surface area (Å²) in [5.41, 5.74) is -0.247. The number of oxazole rings is 1. The summed E-state index contributed by atoms with van der Waals surface area (Å²) >= 11 is 0. The lowest BCUT2D eigenvalue weighted by molar-refractivity contribution is -0.146. The molecule has 2 amide bonds. The SMILES string of the molecule is Cc1ocnc1C(=O)N1CCC2(CCCN(Cc3cccc(F)c3F)C2=O)C1. The zero-order valence-corrected chi connectivity index (χ0v) is 15.6. The lowest BCUT2D eigenvalue weighted by atomic mass is 9.78. The first kappa shape index (κ1) is 18.6. The van der Waals surface area contributed by atoms with Crippen LogP contribution >= 0.6 is 0 Å². The molecule has 148 valence electrons. The van der Waals surface area contributed by atoms with Gasteiger partial charge in [-0.05, 0) is 32.3 Å². The fourth-order valence-corrected chi connectivity index (χ4v) is 4.26. The number of benzene rings is 1. The molecule has 1 atom stereocenters. The van der Waals surface area contributed by atoms with Crippen molar-refractivity contribution in [2.75, 3.05) is 19.6 Å². The van der Waals surface area contributed by atoms with Crippen LogP contribution in [0.2, 0.25) is 0 Å². The molecular weight excluding hydrogens is 368 g/mol. The Balaban J connectivity index is 1.51. The molecule has 0 radical (unpaired) electrons. The number of halogens is 2. The van der Waals surface area contributed by atoms with Gasteiger partial charge in [0.1, 0.15) is 5.76 Å². The Morgan fingerprint density at radius 3 is 2.86 bits per heavy atom. The van der Waals surface area contributed by atoms with Crippen molar-refractivity contribution < 1.29 is 22.8 Å². The molecule has 1 spiro atoms. The fourth-order valence-electron chi connectivity index (χ4n) is 4.26. The molecule has 2 aliphatic rings. The predicted molar refractivity (Wildman–Crippen MR) is 95.2 cm³/mol. The summed E-state index contributed by atoms with van der Waals surface area (Å²) in [7, 11) is 0. The van der Waals surface area contributed by atoms with Crippen LogP contribution in [0, 0.1) is 24.0 Å². The van der Waals surface area contributed by atoms with Crippen LogP contribution in [0.1, 0.15) is 41.1 Å².